The van der Waals surface area contributed by atoms with Crippen molar-refractivity contribution in [3.63, 3.8) is 0 Å². The molecule has 4 heteroatoms. The third kappa shape index (κ3) is 1.90. The Hall–Kier alpha value is -1.86. The van der Waals surface area contributed by atoms with Crippen LogP contribution >= 0.6 is 0 Å². The van der Waals surface area contributed by atoms with Gasteiger partial charge in [-0.3, -0.25) is 4.79 Å². The third-order valence-corrected chi connectivity index (χ3v) is 2.95. The van der Waals surface area contributed by atoms with Gasteiger partial charge < -0.3 is 10.6 Å². The van der Waals surface area contributed by atoms with Crippen LogP contribution in [-0.4, -0.2) is 19.5 Å². The Morgan fingerprint density at radius 2 is 2.25 bits per heavy atom. The van der Waals surface area contributed by atoms with E-state index in [-0.39, 0.29) is 11.8 Å². The quantitative estimate of drug-likeness (QED) is 0.741. The van der Waals surface area contributed by atoms with Crippen molar-refractivity contribution in [2.24, 2.45) is 5.92 Å². The highest BCUT2D eigenvalue weighted by molar-refractivity contribution is 5.73. The van der Waals surface area contributed by atoms with Gasteiger partial charge in [-0.2, -0.15) is 5.26 Å². The van der Waals surface area contributed by atoms with E-state index in [9.17, 15) is 4.79 Å². The maximum atomic E-state index is 10.5. The van der Waals surface area contributed by atoms with Crippen molar-refractivity contribution in [3.8, 4) is 6.07 Å². The summed E-state index contributed by atoms with van der Waals surface area (Å²) in [6.45, 7) is 1.51. The van der Waals surface area contributed by atoms with Crippen LogP contribution in [-0.2, 0) is 4.79 Å². The lowest BCUT2D eigenvalue weighted by molar-refractivity contribution is -0.105. The van der Waals surface area contributed by atoms with Gasteiger partial charge in [-0.25, -0.2) is 0 Å². The van der Waals surface area contributed by atoms with Gasteiger partial charge in [0.2, 0.25) is 6.41 Å². The number of para-hydroxylation sites is 1. The number of hydrogen-bond donors (Lipinski definition) is 2. The maximum Gasteiger partial charge on any atom is 0.211 e. The number of benzene rings is 1. The smallest absolute Gasteiger partial charge is 0.211 e. The zero-order valence-electron chi connectivity index (χ0n) is 8.81. The zero-order chi connectivity index (χ0) is 11.4. The molecule has 0 spiro atoms. The molecule has 1 amide bonds. The minimum Gasteiger partial charge on any atom is -0.328 e. The molecule has 82 valence electrons. The molecule has 0 bridgehead atoms. The monoisotopic (exact) mass is 215 g/mol. The molecule has 2 unspecified atom stereocenters. The Labute approximate surface area is 94.3 Å². The number of nitriles is 1. The van der Waals surface area contributed by atoms with Crippen molar-refractivity contribution >= 4 is 12.1 Å². The average Bonchev–Trinajstić information content (AvgIpc) is 2.78. The minimum atomic E-state index is -0.0189. The fourth-order valence-corrected chi connectivity index (χ4v) is 2.16. The highest BCUT2D eigenvalue weighted by Crippen LogP contribution is 2.32. The Morgan fingerprint density at radius 1 is 1.44 bits per heavy atom. The van der Waals surface area contributed by atoms with Crippen molar-refractivity contribution in [1.82, 2.24) is 5.32 Å². The van der Waals surface area contributed by atoms with Crippen LogP contribution in [0.1, 0.15) is 11.5 Å². The average molecular weight is 215 g/mol. The van der Waals surface area contributed by atoms with E-state index >= 15 is 0 Å². The summed E-state index contributed by atoms with van der Waals surface area (Å²) in [5.41, 5.74) is 1.83. The van der Waals surface area contributed by atoms with E-state index in [4.69, 9.17) is 5.26 Å². The van der Waals surface area contributed by atoms with Crippen LogP contribution in [0.3, 0.4) is 0 Å². The second-order valence-corrected chi connectivity index (χ2v) is 3.85. The van der Waals surface area contributed by atoms with Gasteiger partial charge in [0.25, 0.3) is 0 Å². The van der Waals surface area contributed by atoms with Crippen LogP contribution in [0, 0.1) is 17.2 Å². The summed E-state index contributed by atoms with van der Waals surface area (Å²) in [6.07, 6.45) is 0.669. The van der Waals surface area contributed by atoms with Crippen LogP contribution in [0.4, 0.5) is 5.69 Å². The van der Waals surface area contributed by atoms with Gasteiger partial charge in [0.1, 0.15) is 0 Å². The second kappa shape index (κ2) is 4.77. The van der Waals surface area contributed by atoms with E-state index in [2.05, 4.69) is 16.7 Å². The Bertz CT molecular complexity index is 425. The Kier molecular flexibility index (Phi) is 3.18. The number of nitrogens with one attached hydrogen (secondary N) is 2. The topological polar surface area (TPSA) is 64.9 Å². The van der Waals surface area contributed by atoms with Gasteiger partial charge in [-0.1, -0.05) is 18.2 Å². The van der Waals surface area contributed by atoms with Crippen molar-refractivity contribution in [3.05, 3.63) is 29.8 Å². The lowest BCUT2D eigenvalue weighted by Gasteiger charge is -2.16. The molecule has 2 atom stereocenters. The molecule has 16 heavy (non-hydrogen) atoms. The van der Waals surface area contributed by atoms with E-state index in [1.807, 2.05) is 24.3 Å². The standard InChI is InChI=1S/C12H13N3O/c13-5-9-6-14-7-11(9)10-3-1-2-4-12(10)15-8-16/h1-4,8-9,11,14H,6-7H2,(H,15,16). The van der Waals surface area contributed by atoms with Crippen LogP contribution in [0.5, 0.6) is 0 Å². The van der Waals surface area contributed by atoms with Gasteiger partial charge in [0.05, 0.1) is 12.0 Å². The van der Waals surface area contributed by atoms with Crippen molar-refractivity contribution < 1.29 is 4.79 Å². The first-order valence-corrected chi connectivity index (χ1v) is 5.26. The van der Waals surface area contributed by atoms with E-state index in [1.165, 1.54) is 0 Å². The SMILES string of the molecule is N#CC1CNCC1c1ccccc1NC=O. The highest BCUT2D eigenvalue weighted by atomic mass is 16.1. The van der Waals surface area contributed by atoms with Crippen LogP contribution in [0.15, 0.2) is 24.3 Å². The molecule has 4 nitrogen and oxygen atoms in total. The van der Waals surface area contributed by atoms with E-state index < -0.39 is 0 Å². The lowest BCUT2D eigenvalue weighted by atomic mass is 9.89. The first-order chi connectivity index (χ1) is 7.86. The molecule has 1 aromatic carbocycles. The summed E-state index contributed by atoms with van der Waals surface area (Å²) < 4.78 is 0. The lowest BCUT2D eigenvalue weighted by Crippen LogP contribution is -2.11. The first-order valence-electron chi connectivity index (χ1n) is 5.26. The van der Waals surface area contributed by atoms with E-state index in [1.54, 1.807) is 0 Å². The predicted octanol–water partition coefficient (Wildman–Crippen LogP) is 1.08. The van der Waals surface area contributed by atoms with Crippen LogP contribution in [0.25, 0.3) is 0 Å². The summed E-state index contributed by atoms with van der Waals surface area (Å²) >= 11 is 0. The fourth-order valence-electron chi connectivity index (χ4n) is 2.16. The molecule has 1 fully saturated rings. The van der Waals surface area contributed by atoms with E-state index in [0.29, 0.717) is 6.41 Å². The number of nitrogens with zero attached hydrogens (tertiary/aromatic N) is 1. The molecule has 2 N–H and O–H groups in total. The van der Waals surface area contributed by atoms with Gasteiger partial charge in [-0.15, -0.1) is 0 Å². The van der Waals surface area contributed by atoms with Crippen LogP contribution < -0.4 is 10.6 Å². The van der Waals surface area contributed by atoms with Crippen molar-refractivity contribution in [1.29, 1.82) is 5.26 Å². The Morgan fingerprint density at radius 3 is 3.00 bits per heavy atom. The molecule has 1 aliphatic heterocycles. The number of rotatable bonds is 3. The Balaban J connectivity index is 2.32. The van der Waals surface area contributed by atoms with Crippen molar-refractivity contribution in [2.45, 2.75) is 5.92 Å². The first kappa shape index (κ1) is 10.7. The molecule has 0 radical (unpaired) electrons. The molecular formula is C12H13N3O. The van der Waals surface area contributed by atoms with Crippen molar-refractivity contribution in [2.75, 3.05) is 18.4 Å². The number of anilines is 1. The van der Waals surface area contributed by atoms with Crippen LogP contribution in [0.2, 0.25) is 0 Å². The molecule has 1 aliphatic rings. The normalized spacial score (nSPS) is 23.7. The predicted molar refractivity (Wildman–Crippen MR) is 60.8 cm³/mol. The number of amides is 1. The molecule has 2 rings (SSSR count). The largest absolute Gasteiger partial charge is 0.328 e. The molecule has 0 aliphatic carbocycles. The van der Waals surface area contributed by atoms with Gasteiger partial charge >= 0.3 is 0 Å². The summed E-state index contributed by atoms with van der Waals surface area (Å²) in [5, 5.41) is 14.9. The van der Waals surface area contributed by atoms with Gasteiger partial charge in [-0.05, 0) is 11.6 Å². The summed E-state index contributed by atoms with van der Waals surface area (Å²) in [7, 11) is 0. The molecular weight excluding hydrogens is 202 g/mol. The number of carbonyl (C=O) groups excluding carboxylic acids is 1. The summed E-state index contributed by atoms with van der Waals surface area (Å²) in [4.78, 5) is 10.5. The maximum absolute atomic E-state index is 10.5. The molecule has 1 aromatic rings. The highest BCUT2D eigenvalue weighted by Gasteiger charge is 2.29. The molecule has 0 saturated carbocycles. The summed E-state index contributed by atoms with van der Waals surface area (Å²) in [5.74, 6) is 0.142. The van der Waals surface area contributed by atoms with Gasteiger partial charge in [0, 0.05) is 24.7 Å². The molecule has 1 saturated heterocycles. The van der Waals surface area contributed by atoms with Gasteiger partial charge in [0.15, 0.2) is 0 Å². The van der Waals surface area contributed by atoms with E-state index in [0.717, 1.165) is 24.3 Å². The molecule has 0 aromatic heterocycles. The summed E-state index contributed by atoms with van der Waals surface area (Å²) in [6, 6.07) is 9.93. The number of hydrogen-bond acceptors (Lipinski definition) is 3. The fraction of sp³-hybridized carbons (Fsp3) is 0.333. The minimum absolute atomic E-state index is 0.0189. The second-order valence-electron chi connectivity index (χ2n) is 3.85. The zero-order valence-corrected chi connectivity index (χ0v) is 8.81. The third-order valence-electron chi connectivity index (χ3n) is 2.95. The number of carbonyl (C=O) groups is 1. The molecule has 1 heterocycles.